The van der Waals surface area contributed by atoms with E-state index < -0.39 is 0 Å². The standard InChI is InChI=1S/C26H34ClN7O2S/c1-18-6-7-21(27)16-22(18)32-13-11-31(12-14-32)9-4-8-28-24(36)20-5-3-10-33(17-20)26-30-34-23(35)15-19(2)29-25(34)37-26/h6-7,15-16,20H,3-5,8-14,17H2,1-2H3,(H,28,36)/t20-/m0/s1. The third-order valence-corrected chi connectivity index (χ3v) is 8.46. The molecule has 1 atom stereocenters. The van der Waals surface area contributed by atoms with Gasteiger partial charge in [-0.2, -0.15) is 4.52 Å². The summed E-state index contributed by atoms with van der Waals surface area (Å²) in [6.07, 6.45) is 2.73. The number of aromatic nitrogens is 3. The van der Waals surface area contributed by atoms with Crippen LogP contribution < -0.4 is 20.7 Å². The highest BCUT2D eigenvalue weighted by molar-refractivity contribution is 7.20. The van der Waals surface area contributed by atoms with Crippen LogP contribution in [0.1, 0.15) is 30.5 Å². The highest BCUT2D eigenvalue weighted by Gasteiger charge is 2.28. The van der Waals surface area contributed by atoms with Crippen molar-refractivity contribution in [3.05, 3.63) is 50.9 Å². The quantitative estimate of drug-likeness (QED) is 0.458. The molecule has 0 aliphatic carbocycles. The van der Waals surface area contributed by atoms with Crippen LogP contribution in [0, 0.1) is 19.8 Å². The molecule has 0 radical (unpaired) electrons. The Hall–Kier alpha value is -2.69. The summed E-state index contributed by atoms with van der Waals surface area (Å²) in [5.41, 5.74) is 3.00. The summed E-state index contributed by atoms with van der Waals surface area (Å²) in [5, 5.41) is 9.15. The molecule has 1 N–H and O–H groups in total. The molecule has 2 fully saturated rings. The Bertz CT molecular complexity index is 1320. The minimum absolute atomic E-state index is 0.0725. The molecule has 1 amide bonds. The van der Waals surface area contributed by atoms with Crippen molar-refractivity contribution >= 4 is 44.6 Å². The first-order valence-corrected chi connectivity index (χ1v) is 14.2. The fraction of sp³-hybridized carbons (Fsp3) is 0.538. The molecule has 37 heavy (non-hydrogen) atoms. The first-order valence-electron chi connectivity index (χ1n) is 13.0. The van der Waals surface area contributed by atoms with Gasteiger partial charge in [0.15, 0.2) is 0 Å². The number of carbonyl (C=O) groups is 1. The molecule has 0 bridgehead atoms. The van der Waals surface area contributed by atoms with E-state index in [4.69, 9.17) is 11.6 Å². The van der Waals surface area contributed by atoms with Gasteiger partial charge in [0.1, 0.15) is 0 Å². The van der Waals surface area contributed by atoms with Gasteiger partial charge in [0.2, 0.25) is 16.0 Å². The van der Waals surface area contributed by atoms with Crippen molar-refractivity contribution in [3.8, 4) is 0 Å². The number of rotatable bonds is 7. The van der Waals surface area contributed by atoms with Crippen LogP contribution in [0.25, 0.3) is 4.96 Å². The molecule has 2 aliphatic rings. The van der Waals surface area contributed by atoms with Gasteiger partial charge in [-0.05, 0) is 57.4 Å². The minimum atomic E-state index is -0.169. The maximum Gasteiger partial charge on any atom is 0.275 e. The molecule has 2 aromatic heterocycles. The third-order valence-electron chi connectivity index (χ3n) is 7.26. The second-order valence-corrected chi connectivity index (χ2v) is 11.4. The number of halogens is 1. The number of nitrogens with zero attached hydrogens (tertiary/aromatic N) is 6. The first kappa shape index (κ1) is 25.9. The van der Waals surface area contributed by atoms with E-state index in [0.29, 0.717) is 23.7 Å². The Morgan fingerprint density at radius 3 is 2.76 bits per heavy atom. The van der Waals surface area contributed by atoms with Crippen LogP contribution in [0.2, 0.25) is 5.02 Å². The smallest absolute Gasteiger partial charge is 0.275 e. The lowest BCUT2D eigenvalue weighted by Crippen LogP contribution is -2.47. The number of fused-ring (bicyclic) bond motifs is 1. The number of amides is 1. The van der Waals surface area contributed by atoms with Crippen LogP contribution in [0.15, 0.2) is 29.1 Å². The van der Waals surface area contributed by atoms with E-state index in [1.165, 1.54) is 33.2 Å². The van der Waals surface area contributed by atoms with Gasteiger partial charge in [0.05, 0.1) is 5.92 Å². The number of hydrogen-bond acceptors (Lipinski definition) is 8. The molecule has 1 aromatic carbocycles. The molecule has 3 aromatic rings. The number of carbonyl (C=O) groups excluding carboxylic acids is 1. The van der Waals surface area contributed by atoms with Gasteiger partial charge < -0.3 is 15.1 Å². The van der Waals surface area contributed by atoms with E-state index in [1.54, 1.807) is 0 Å². The SMILES string of the molecule is Cc1cc(=O)n2nc(N3CCC[C@H](C(=O)NCCCN4CCN(c5cc(Cl)ccc5C)CC4)C3)sc2n1. The lowest BCUT2D eigenvalue weighted by molar-refractivity contribution is -0.125. The monoisotopic (exact) mass is 543 g/mol. The molecular formula is C26H34ClN7O2S. The van der Waals surface area contributed by atoms with Gasteiger partial charge in [-0.3, -0.25) is 14.5 Å². The molecule has 198 valence electrons. The summed E-state index contributed by atoms with van der Waals surface area (Å²) in [5.74, 6) is 0.0369. The normalized spacial score (nSPS) is 18.9. The van der Waals surface area contributed by atoms with Gasteiger partial charge in [-0.1, -0.05) is 29.0 Å². The molecule has 2 saturated heterocycles. The topological polar surface area (TPSA) is 86.1 Å². The lowest BCUT2D eigenvalue weighted by atomic mass is 9.97. The van der Waals surface area contributed by atoms with E-state index in [9.17, 15) is 9.59 Å². The van der Waals surface area contributed by atoms with Gasteiger partial charge in [-0.15, -0.1) is 5.10 Å². The van der Waals surface area contributed by atoms with Crippen molar-refractivity contribution < 1.29 is 4.79 Å². The van der Waals surface area contributed by atoms with Crippen LogP contribution in [0.4, 0.5) is 10.8 Å². The number of piperidine rings is 1. The van der Waals surface area contributed by atoms with E-state index in [2.05, 4.69) is 49.2 Å². The van der Waals surface area contributed by atoms with Crippen molar-refractivity contribution in [2.45, 2.75) is 33.1 Å². The fourth-order valence-electron chi connectivity index (χ4n) is 5.20. The van der Waals surface area contributed by atoms with Crippen LogP contribution >= 0.6 is 22.9 Å². The van der Waals surface area contributed by atoms with Gasteiger partial charge in [-0.25, -0.2) is 4.98 Å². The average Bonchev–Trinajstić information content (AvgIpc) is 3.33. The maximum atomic E-state index is 12.9. The summed E-state index contributed by atoms with van der Waals surface area (Å²) in [6.45, 7) is 11.0. The molecule has 0 saturated carbocycles. The van der Waals surface area contributed by atoms with Crippen molar-refractivity contribution in [1.82, 2.24) is 24.8 Å². The second kappa shape index (κ2) is 11.4. The zero-order chi connectivity index (χ0) is 25.9. The Kier molecular flexibility index (Phi) is 7.97. The van der Waals surface area contributed by atoms with Crippen molar-refractivity contribution in [2.24, 2.45) is 5.92 Å². The Labute approximate surface area is 226 Å². The molecule has 9 nitrogen and oxygen atoms in total. The number of benzene rings is 1. The zero-order valence-corrected chi connectivity index (χ0v) is 23.0. The van der Waals surface area contributed by atoms with Crippen LogP contribution in [0.3, 0.4) is 0 Å². The van der Waals surface area contributed by atoms with Crippen LogP contribution in [-0.4, -0.2) is 77.8 Å². The molecular weight excluding hydrogens is 510 g/mol. The molecule has 2 aliphatic heterocycles. The van der Waals surface area contributed by atoms with Crippen molar-refractivity contribution in [1.29, 1.82) is 0 Å². The fourth-order valence-corrected chi connectivity index (χ4v) is 6.35. The molecule has 0 unspecified atom stereocenters. The van der Waals surface area contributed by atoms with E-state index in [-0.39, 0.29) is 17.4 Å². The predicted molar refractivity (Wildman–Crippen MR) is 149 cm³/mol. The summed E-state index contributed by atoms with van der Waals surface area (Å²) < 4.78 is 1.35. The summed E-state index contributed by atoms with van der Waals surface area (Å²) in [4.78, 5) is 37.1. The molecule has 4 heterocycles. The van der Waals surface area contributed by atoms with E-state index >= 15 is 0 Å². The Morgan fingerprint density at radius 1 is 1.14 bits per heavy atom. The van der Waals surface area contributed by atoms with Gasteiger partial charge >= 0.3 is 0 Å². The highest BCUT2D eigenvalue weighted by atomic mass is 35.5. The predicted octanol–water partition coefficient (Wildman–Crippen LogP) is 2.97. The number of nitrogens with one attached hydrogen (secondary N) is 1. The highest BCUT2D eigenvalue weighted by Crippen LogP contribution is 2.27. The minimum Gasteiger partial charge on any atom is -0.369 e. The number of aryl methyl sites for hydroxylation is 2. The second-order valence-electron chi connectivity index (χ2n) is 10.0. The average molecular weight is 544 g/mol. The first-order chi connectivity index (χ1) is 17.9. The summed E-state index contributed by atoms with van der Waals surface area (Å²) >= 11 is 7.61. The summed E-state index contributed by atoms with van der Waals surface area (Å²) in [7, 11) is 0. The van der Waals surface area contributed by atoms with Crippen LogP contribution in [0.5, 0.6) is 0 Å². The molecule has 0 spiro atoms. The zero-order valence-electron chi connectivity index (χ0n) is 21.5. The number of piperazine rings is 1. The summed E-state index contributed by atoms with van der Waals surface area (Å²) in [6, 6.07) is 7.57. The van der Waals surface area contributed by atoms with E-state index in [1.807, 2.05) is 13.0 Å². The van der Waals surface area contributed by atoms with Gasteiger partial charge in [0.25, 0.3) is 5.56 Å². The third kappa shape index (κ3) is 6.08. The van der Waals surface area contributed by atoms with Gasteiger partial charge in [0, 0.05) is 68.3 Å². The van der Waals surface area contributed by atoms with E-state index in [0.717, 1.165) is 68.7 Å². The number of anilines is 2. The maximum absolute atomic E-state index is 12.9. The lowest BCUT2D eigenvalue weighted by Gasteiger charge is -2.37. The van der Waals surface area contributed by atoms with Crippen molar-refractivity contribution in [2.75, 3.05) is 62.2 Å². The Balaban J connectivity index is 1.06. The Morgan fingerprint density at radius 2 is 1.95 bits per heavy atom. The largest absolute Gasteiger partial charge is 0.369 e. The number of hydrogen-bond donors (Lipinski definition) is 1. The molecule has 5 rings (SSSR count). The van der Waals surface area contributed by atoms with Crippen LogP contribution in [-0.2, 0) is 4.79 Å². The van der Waals surface area contributed by atoms with Crippen molar-refractivity contribution in [3.63, 3.8) is 0 Å². The molecule has 11 heteroatoms.